The monoisotopic (exact) mass is 477 g/mol. The number of piperidine rings is 1. The van der Waals surface area contributed by atoms with E-state index in [4.69, 9.17) is 4.74 Å². The zero-order chi connectivity index (χ0) is 23.9. The summed E-state index contributed by atoms with van der Waals surface area (Å²) in [6.45, 7) is 4.55. The molecule has 176 valence electrons. The summed E-state index contributed by atoms with van der Waals surface area (Å²) < 4.78 is 29.4. The Morgan fingerprint density at radius 3 is 2.26 bits per heavy atom. The van der Waals surface area contributed by atoms with Crippen molar-refractivity contribution in [3.63, 3.8) is 0 Å². The molecule has 7 nitrogen and oxygen atoms in total. The van der Waals surface area contributed by atoms with Crippen LogP contribution in [0.15, 0.2) is 59.8 Å². The lowest BCUT2D eigenvalue weighted by atomic mass is 10.0. The van der Waals surface area contributed by atoms with Crippen molar-refractivity contribution in [1.29, 1.82) is 0 Å². The van der Waals surface area contributed by atoms with Crippen molar-refractivity contribution in [1.82, 2.24) is 9.97 Å². The SMILES string of the molecule is CCc1cnc(N2CC3[C@@H](COc4ccc(-c5ccc(S(C)(=O)=O)cc5)cc4C=O)[C@@H]3C2)nc1. The van der Waals surface area contributed by atoms with Crippen molar-refractivity contribution in [2.24, 2.45) is 17.8 Å². The molecule has 3 aromatic rings. The van der Waals surface area contributed by atoms with Crippen molar-refractivity contribution in [3.8, 4) is 16.9 Å². The molecule has 5 rings (SSSR count). The third kappa shape index (κ3) is 4.42. The first-order valence-electron chi connectivity index (χ1n) is 11.5. The van der Waals surface area contributed by atoms with Crippen LogP contribution in [0.1, 0.15) is 22.8 Å². The van der Waals surface area contributed by atoms with Crippen LogP contribution in [0, 0.1) is 17.8 Å². The van der Waals surface area contributed by atoms with E-state index in [1.165, 1.54) is 6.26 Å². The van der Waals surface area contributed by atoms with Gasteiger partial charge in [0.05, 0.1) is 17.1 Å². The Kier molecular flexibility index (Phi) is 5.85. The number of benzene rings is 2. The smallest absolute Gasteiger partial charge is 0.225 e. The zero-order valence-electron chi connectivity index (χ0n) is 19.2. The highest BCUT2D eigenvalue weighted by Crippen LogP contribution is 2.52. The number of rotatable bonds is 8. The van der Waals surface area contributed by atoms with Crippen LogP contribution in [0.4, 0.5) is 5.95 Å². The first-order valence-corrected chi connectivity index (χ1v) is 13.3. The molecule has 0 N–H and O–H groups in total. The van der Waals surface area contributed by atoms with Crippen molar-refractivity contribution < 1.29 is 17.9 Å². The minimum absolute atomic E-state index is 0.268. The number of aromatic nitrogens is 2. The van der Waals surface area contributed by atoms with Crippen LogP contribution in [0.25, 0.3) is 11.1 Å². The molecule has 0 spiro atoms. The molecule has 0 amide bonds. The van der Waals surface area contributed by atoms with Gasteiger partial charge in [0.1, 0.15) is 5.75 Å². The molecule has 1 aliphatic carbocycles. The molecule has 1 saturated heterocycles. The number of fused-ring (bicyclic) bond motifs is 1. The second kappa shape index (κ2) is 8.83. The average molecular weight is 478 g/mol. The summed E-state index contributed by atoms with van der Waals surface area (Å²) in [6, 6.07) is 12.1. The van der Waals surface area contributed by atoms with E-state index >= 15 is 0 Å². The molecule has 1 saturated carbocycles. The van der Waals surface area contributed by atoms with E-state index in [-0.39, 0.29) is 4.90 Å². The number of nitrogens with zero attached hydrogens (tertiary/aromatic N) is 3. The number of carbonyl (C=O) groups excluding carboxylic acids is 1. The van der Waals surface area contributed by atoms with Crippen molar-refractivity contribution in [3.05, 3.63) is 66.0 Å². The number of anilines is 1. The Bertz CT molecular complexity index is 1290. The largest absolute Gasteiger partial charge is 0.493 e. The van der Waals surface area contributed by atoms with Gasteiger partial charge in [-0.25, -0.2) is 18.4 Å². The first kappa shape index (κ1) is 22.5. The number of sulfone groups is 1. The number of ether oxygens (including phenoxy) is 1. The van der Waals surface area contributed by atoms with Crippen LogP contribution in [0.3, 0.4) is 0 Å². The van der Waals surface area contributed by atoms with Crippen LogP contribution in [0.5, 0.6) is 5.75 Å². The quantitative estimate of drug-likeness (QED) is 0.457. The molecule has 1 aromatic heterocycles. The molecule has 2 fully saturated rings. The number of hydrogen-bond acceptors (Lipinski definition) is 7. The summed E-state index contributed by atoms with van der Waals surface area (Å²) >= 11 is 0. The van der Waals surface area contributed by atoms with Gasteiger partial charge in [-0.3, -0.25) is 4.79 Å². The second-order valence-corrected chi connectivity index (χ2v) is 11.1. The summed E-state index contributed by atoms with van der Waals surface area (Å²) in [5.41, 5.74) is 3.31. The van der Waals surface area contributed by atoms with Crippen LogP contribution >= 0.6 is 0 Å². The predicted octanol–water partition coefficient (Wildman–Crippen LogP) is 3.68. The Balaban J connectivity index is 1.20. The fourth-order valence-corrected chi connectivity index (χ4v) is 5.42. The predicted molar refractivity (Wildman–Crippen MR) is 130 cm³/mol. The maximum Gasteiger partial charge on any atom is 0.225 e. The standard InChI is InChI=1S/C26H27N3O4S/c1-3-17-11-27-26(28-12-17)29-13-22-23(14-29)24(22)16-33-25-9-6-19(10-20(25)15-30)18-4-7-21(8-5-18)34(2,31)32/h4-12,15,22-24H,3,13-14,16H2,1-2H3/t22-,23?,24+/m1/s1. The molecule has 2 aromatic carbocycles. The summed E-state index contributed by atoms with van der Waals surface area (Å²) in [5.74, 6) is 3.00. The maximum atomic E-state index is 11.7. The van der Waals surface area contributed by atoms with Crippen molar-refractivity contribution >= 4 is 22.1 Å². The molecule has 2 aliphatic rings. The topological polar surface area (TPSA) is 89.5 Å². The van der Waals surface area contributed by atoms with Gasteiger partial charge >= 0.3 is 0 Å². The minimum Gasteiger partial charge on any atom is -0.493 e. The third-order valence-electron chi connectivity index (χ3n) is 6.94. The van der Waals surface area contributed by atoms with Gasteiger partial charge in [0.15, 0.2) is 16.1 Å². The summed E-state index contributed by atoms with van der Waals surface area (Å²) in [5, 5.41) is 0. The van der Waals surface area contributed by atoms with Gasteiger partial charge in [-0.1, -0.05) is 25.1 Å². The maximum absolute atomic E-state index is 11.7. The molecular weight excluding hydrogens is 450 g/mol. The van der Waals surface area contributed by atoms with E-state index in [0.717, 1.165) is 48.4 Å². The van der Waals surface area contributed by atoms with Gasteiger partial charge in [-0.15, -0.1) is 0 Å². The summed E-state index contributed by atoms with van der Waals surface area (Å²) in [7, 11) is -3.25. The number of carbonyl (C=O) groups is 1. The van der Waals surface area contributed by atoms with E-state index in [1.807, 2.05) is 24.5 Å². The van der Waals surface area contributed by atoms with E-state index in [1.54, 1.807) is 30.3 Å². The van der Waals surface area contributed by atoms with Gasteiger partial charge in [-0.2, -0.15) is 0 Å². The Hall–Kier alpha value is -3.26. The molecular formula is C26H27N3O4S. The van der Waals surface area contributed by atoms with Crippen LogP contribution in [-0.4, -0.2) is 50.6 Å². The molecule has 0 bridgehead atoms. The van der Waals surface area contributed by atoms with Gasteiger partial charge in [-0.05, 0) is 59.2 Å². The third-order valence-corrected chi connectivity index (χ3v) is 8.07. The fraction of sp³-hybridized carbons (Fsp3) is 0.346. The lowest BCUT2D eigenvalue weighted by Crippen LogP contribution is -2.27. The van der Waals surface area contributed by atoms with E-state index < -0.39 is 9.84 Å². The normalized spacial score (nSPS) is 21.2. The number of hydrogen-bond donors (Lipinski definition) is 0. The lowest BCUT2D eigenvalue weighted by molar-refractivity contribution is 0.111. The van der Waals surface area contributed by atoms with Crippen LogP contribution in [0.2, 0.25) is 0 Å². The van der Waals surface area contributed by atoms with Crippen LogP contribution < -0.4 is 9.64 Å². The summed E-state index contributed by atoms with van der Waals surface area (Å²) in [6.07, 6.45) is 6.72. The van der Waals surface area contributed by atoms with Crippen molar-refractivity contribution in [2.45, 2.75) is 18.2 Å². The van der Waals surface area contributed by atoms with Gasteiger partial charge in [0.25, 0.3) is 0 Å². The number of aldehydes is 1. The highest BCUT2D eigenvalue weighted by atomic mass is 32.2. The van der Waals surface area contributed by atoms with E-state index in [2.05, 4.69) is 21.8 Å². The molecule has 8 heteroatoms. The van der Waals surface area contributed by atoms with Gasteiger partial charge in [0.2, 0.25) is 5.95 Å². The highest BCUT2D eigenvalue weighted by Gasteiger charge is 2.56. The fourth-order valence-electron chi connectivity index (χ4n) is 4.79. The molecule has 2 heterocycles. The molecule has 34 heavy (non-hydrogen) atoms. The van der Waals surface area contributed by atoms with Crippen molar-refractivity contribution in [2.75, 3.05) is 30.9 Å². The number of aryl methyl sites for hydroxylation is 1. The Labute approximate surface area is 199 Å². The Morgan fingerprint density at radius 1 is 1.03 bits per heavy atom. The van der Waals surface area contributed by atoms with E-state index in [0.29, 0.717) is 35.7 Å². The molecule has 1 unspecified atom stereocenters. The Morgan fingerprint density at radius 2 is 1.68 bits per heavy atom. The molecule has 3 atom stereocenters. The molecule has 1 aliphatic heterocycles. The average Bonchev–Trinajstić information content (AvgIpc) is 3.30. The van der Waals surface area contributed by atoms with Gasteiger partial charge < -0.3 is 9.64 Å². The molecule has 0 radical (unpaired) electrons. The highest BCUT2D eigenvalue weighted by molar-refractivity contribution is 7.90. The minimum atomic E-state index is -3.25. The van der Waals surface area contributed by atoms with Crippen LogP contribution in [-0.2, 0) is 16.3 Å². The second-order valence-electron chi connectivity index (χ2n) is 9.12. The summed E-state index contributed by atoms with van der Waals surface area (Å²) in [4.78, 5) is 23.2. The van der Waals surface area contributed by atoms with E-state index in [9.17, 15) is 13.2 Å². The first-order chi connectivity index (χ1) is 16.4. The lowest BCUT2D eigenvalue weighted by Gasteiger charge is -2.20. The van der Waals surface area contributed by atoms with Gasteiger partial charge in [0, 0.05) is 37.7 Å². The zero-order valence-corrected chi connectivity index (χ0v) is 20.0.